The Morgan fingerprint density at radius 3 is 2.79 bits per heavy atom. The molecule has 0 aromatic heterocycles. The van der Waals surface area contributed by atoms with E-state index in [0.717, 1.165) is 74.5 Å². The van der Waals surface area contributed by atoms with Crippen LogP contribution in [0.25, 0.3) is 0 Å². The summed E-state index contributed by atoms with van der Waals surface area (Å²) in [5.74, 6) is 11.0. The van der Waals surface area contributed by atoms with Crippen LogP contribution in [0.1, 0.15) is 79.8 Å². The Morgan fingerprint density at radius 2 is 2.00 bits per heavy atom. The second-order valence-electron chi connectivity index (χ2n) is 12.8. The van der Waals surface area contributed by atoms with Crippen LogP contribution in [-0.4, -0.2) is 52.1 Å². The summed E-state index contributed by atoms with van der Waals surface area (Å²) in [6.45, 7) is 3.79. The van der Waals surface area contributed by atoms with Crippen molar-refractivity contribution < 1.29 is 18.8 Å². The van der Waals surface area contributed by atoms with Crippen molar-refractivity contribution in [2.45, 2.75) is 75.7 Å². The fourth-order valence-corrected chi connectivity index (χ4v) is 9.12. The van der Waals surface area contributed by atoms with E-state index in [9.17, 15) is 14.1 Å². The minimum absolute atomic E-state index is 0.0717. The number of ether oxygens (including phenoxy) is 1. The maximum atomic E-state index is 13.3. The molecule has 1 spiro atoms. The molecule has 5 atom stereocenters. The normalized spacial score (nSPS) is 33.0. The number of hydrogen-bond acceptors (Lipinski definition) is 5. The van der Waals surface area contributed by atoms with E-state index in [-0.39, 0.29) is 23.2 Å². The molecule has 0 saturated heterocycles. The third-order valence-electron chi connectivity index (χ3n) is 9.94. The van der Waals surface area contributed by atoms with Crippen molar-refractivity contribution in [3.05, 3.63) is 58.1 Å². The van der Waals surface area contributed by atoms with Crippen molar-refractivity contribution in [2.75, 3.05) is 30.3 Å². The van der Waals surface area contributed by atoms with Crippen molar-refractivity contribution in [2.24, 2.45) is 11.8 Å². The Kier molecular flexibility index (Phi) is 8.02. The molecule has 1 amide bonds. The van der Waals surface area contributed by atoms with Crippen molar-refractivity contribution in [1.82, 2.24) is 4.72 Å². The molecule has 2 aliphatic carbocycles. The average molecular weight is 609 g/mol. The number of aryl methyl sites for hydroxylation is 1. The van der Waals surface area contributed by atoms with Crippen LogP contribution >= 0.6 is 11.6 Å². The van der Waals surface area contributed by atoms with Gasteiger partial charge in [0.2, 0.25) is 0 Å². The highest BCUT2D eigenvalue weighted by Crippen LogP contribution is 2.48. The lowest BCUT2D eigenvalue weighted by Crippen LogP contribution is -2.52. The number of amides is 1. The van der Waals surface area contributed by atoms with Gasteiger partial charge < -0.3 is 14.7 Å². The molecule has 2 aromatic carbocycles. The van der Waals surface area contributed by atoms with Crippen LogP contribution in [0, 0.1) is 23.7 Å². The van der Waals surface area contributed by atoms with Crippen LogP contribution in [0.3, 0.4) is 0 Å². The summed E-state index contributed by atoms with van der Waals surface area (Å²) in [6.07, 6.45) is 7.80. The zero-order valence-corrected chi connectivity index (χ0v) is 26.0. The van der Waals surface area contributed by atoms with Crippen molar-refractivity contribution in [1.29, 1.82) is 0 Å². The first-order chi connectivity index (χ1) is 20.1. The van der Waals surface area contributed by atoms with Gasteiger partial charge in [-0.05, 0) is 112 Å². The molecule has 2 N–H and O–H groups in total. The second-order valence-corrected chi connectivity index (χ2v) is 15.5. The third kappa shape index (κ3) is 5.66. The summed E-state index contributed by atoms with van der Waals surface area (Å²) in [5.41, 5.74) is 2.58. The molecular weight excluding hydrogens is 568 g/mol. The molecule has 1 fully saturated rings. The lowest BCUT2D eigenvalue weighted by atomic mass is 9.63. The van der Waals surface area contributed by atoms with E-state index >= 15 is 0 Å². The quantitative estimate of drug-likeness (QED) is 0.304. The molecule has 6 rings (SSSR count). The number of benzene rings is 2. The fraction of sp³-hybridized carbons (Fsp3) is 0.529. The summed E-state index contributed by atoms with van der Waals surface area (Å²) in [6, 6.07) is 11.7. The van der Waals surface area contributed by atoms with E-state index < -0.39 is 15.3 Å². The monoisotopic (exact) mass is 608 g/mol. The molecule has 2 aliphatic heterocycles. The first-order valence-electron chi connectivity index (χ1n) is 15.3. The van der Waals surface area contributed by atoms with E-state index in [1.807, 2.05) is 18.2 Å². The highest BCUT2D eigenvalue weighted by atomic mass is 35.5. The van der Waals surface area contributed by atoms with Gasteiger partial charge in [-0.2, -0.15) is 0 Å². The van der Waals surface area contributed by atoms with Gasteiger partial charge in [-0.15, -0.1) is 5.92 Å². The van der Waals surface area contributed by atoms with Crippen LogP contribution in [0.4, 0.5) is 5.69 Å². The minimum atomic E-state index is -2.80. The highest BCUT2D eigenvalue weighted by Gasteiger charge is 2.48. The summed E-state index contributed by atoms with van der Waals surface area (Å²) in [4.78, 5) is 15.7. The number of nitrogens with zero attached hydrogens (tertiary/aromatic N) is 1. The topological polar surface area (TPSA) is 78.9 Å². The number of halogens is 1. The predicted molar refractivity (Wildman–Crippen MR) is 171 cm³/mol. The molecule has 6 nitrogen and oxygen atoms in total. The molecule has 0 radical (unpaired) electrons. The zero-order chi connectivity index (χ0) is 29.5. The van der Waals surface area contributed by atoms with E-state index in [1.165, 1.54) is 11.1 Å². The first kappa shape index (κ1) is 29.4. The summed E-state index contributed by atoms with van der Waals surface area (Å²) in [7, 11) is -2.80. The Balaban J connectivity index is 1.43. The molecule has 224 valence electrons. The predicted octanol–water partition coefficient (Wildman–Crippen LogP) is 5.53. The van der Waals surface area contributed by atoms with Crippen molar-refractivity contribution in [3.8, 4) is 17.6 Å². The SMILES string of the molecule is C=S1(=O)CCCCC[C@@](O)(C#CC)[C@@H]2CC[C@H]2CN2C[C@@]3(CCCc4cc(Cl)ccc43)COc3ccc(cc32)C(=O)N1. The molecule has 42 heavy (non-hydrogen) atoms. The van der Waals surface area contributed by atoms with Crippen LogP contribution in [0.5, 0.6) is 5.75 Å². The minimum Gasteiger partial charge on any atom is -0.490 e. The first-order valence-corrected chi connectivity index (χ1v) is 17.5. The van der Waals surface area contributed by atoms with Gasteiger partial charge in [-0.3, -0.25) is 9.52 Å². The number of nitrogens with one attached hydrogen (secondary N) is 1. The molecule has 2 heterocycles. The van der Waals surface area contributed by atoms with Gasteiger partial charge in [-0.25, -0.2) is 4.21 Å². The lowest BCUT2D eigenvalue weighted by Gasteiger charge is -2.48. The van der Waals surface area contributed by atoms with E-state index in [4.69, 9.17) is 16.3 Å². The van der Waals surface area contributed by atoms with Gasteiger partial charge in [0, 0.05) is 50.5 Å². The molecule has 1 unspecified atom stereocenters. The number of carbonyl (C=O) groups excluding carboxylic acids is 1. The molecule has 1 saturated carbocycles. The number of fused-ring (bicyclic) bond motifs is 4. The third-order valence-corrected chi connectivity index (χ3v) is 11.7. The summed E-state index contributed by atoms with van der Waals surface area (Å²) in [5, 5.41) is 12.6. The van der Waals surface area contributed by atoms with E-state index in [0.29, 0.717) is 30.8 Å². The summed E-state index contributed by atoms with van der Waals surface area (Å²) >= 11 is 6.41. The highest BCUT2D eigenvalue weighted by molar-refractivity contribution is 7.99. The average Bonchev–Trinajstić information content (AvgIpc) is 3.07. The molecule has 2 aromatic rings. The van der Waals surface area contributed by atoms with Crippen LogP contribution < -0.4 is 14.4 Å². The number of rotatable bonds is 0. The largest absolute Gasteiger partial charge is 0.490 e. The Hall–Kier alpha value is -2.66. The second kappa shape index (κ2) is 11.4. The molecule has 4 aliphatic rings. The molecule has 8 heteroatoms. The molecule has 2 bridgehead atoms. The smallest absolute Gasteiger partial charge is 0.262 e. The van der Waals surface area contributed by atoms with Gasteiger partial charge in [0.05, 0.1) is 12.3 Å². The van der Waals surface area contributed by atoms with Crippen molar-refractivity contribution >= 4 is 38.8 Å². The maximum Gasteiger partial charge on any atom is 0.262 e. The van der Waals surface area contributed by atoms with E-state index in [2.05, 4.69) is 39.5 Å². The number of anilines is 1. The standard InChI is InChI=1S/C34H41ClN2O4S/c1-3-15-34(39)17-5-4-6-18-42(2,40)36-32(38)25-10-14-31-30(20-25)37(21-26-9-12-29(26)34)22-33(23-41-31)16-7-8-24-19-27(35)11-13-28(24)33/h10-11,13-14,19-20,26,29,39H,2,4-9,12,16-18,21-23H2,1H3,(H,36,38,40)/t26-,29+,33-,34-,42?/m0/s1. The van der Waals surface area contributed by atoms with Gasteiger partial charge in [-0.1, -0.05) is 30.0 Å². The van der Waals surface area contributed by atoms with Gasteiger partial charge in [0.15, 0.2) is 0 Å². The Labute approximate surface area is 255 Å². The summed E-state index contributed by atoms with van der Waals surface area (Å²) < 4.78 is 22.5. The fourth-order valence-electron chi connectivity index (χ4n) is 7.70. The van der Waals surface area contributed by atoms with E-state index in [1.54, 1.807) is 13.0 Å². The zero-order valence-electron chi connectivity index (χ0n) is 24.4. The molecular formula is C34H41ClN2O4S. The van der Waals surface area contributed by atoms with Crippen LogP contribution in [0.15, 0.2) is 36.4 Å². The van der Waals surface area contributed by atoms with Gasteiger partial charge in [0.1, 0.15) is 11.4 Å². The van der Waals surface area contributed by atoms with Crippen LogP contribution in [-0.2, 0) is 21.5 Å². The Morgan fingerprint density at radius 1 is 1.14 bits per heavy atom. The maximum absolute atomic E-state index is 13.3. The van der Waals surface area contributed by atoms with Gasteiger partial charge >= 0.3 is 0 Å². The van der Waals surface area contributed by atoms with Gasteiger partial charge in [0.25, 0.3) is 5.91 Å². The number of hydrogen-bond donors (Lipinski definition) is 2. The number of aliphatic hydroxyl groups is 1. The lowest BCUT2D eigenvalue weighted by molar-refractivity contribution is -0.0444. The van der Waals surface area contributed by atoms with Crippen molar-refractivity contribution in [3.63, 3.8) is 0 Å². The Bertz CT molecular complexity index is 1550. The number of carbonyl (C=O) groups is 1. The van der Waals surface area contributed by atoms with Crippen LogP contribution in [0.2, 0.25) is 5.02 Å².